The summed E-state index contributed by atoms with van der Waals surface area (Å²) in [5.41, 5.74) is 6.49. The van der Waals surface area contributed by atoms with Crippen LogP contribution in [-0.4, -0.2) is 16.8 Å². The summed E-state index contributed by atoms with van der Waals surface area (Å²) in [6.45, 7) is 0.851. The van der Waals surface area contributed by atoms with Crippen molar-refractivity contribution in [1.82, 2.24) is 10.2 Å². The number of anilines is 1. The lowest BCUT2D eigenvalue weighted by molar-refractivity contribution is 0.0123. The van der Waals surface area contributed by atoms with E-state index in [-0.39, 0.29) is 18.5 Å². The van der Waals surface area contributed by atoms with Crippen LogP contribution in [0.25, 0.3) is 0 Å². The summed E-state index contributed by atoms with van der Waals surface area (Å²) in [4.78, 5) is 0. The molecule has 74 valence electrons. The number of hydrogen-bond donors (Lipinski definition) is 2. The summed E-state index contributed by atoms with van der Waals surface area (Å²) < 4.78 is 5.55. The highest BCUT2D eigenvalue weighted by molar-refractivity contribution is 5.85. The molecule has 1 aliphatic rings. The number of halogens is 1. The Labute approximate surface area is 83.3 Å². The molecular formula is C8H14ClN3O. The van der Waals surface area contributed by atoms with Gasteiger partial charge in [0.15, 0.2) is 0 Å². The number of nitrogens with zero attached hydrogens (tertiary/aromatic N) is 1. The maximum Gasteiger partial charge on any atom is 0.145 e. The van der Waals surface area contributed by atoms with Crippen molar-refractivity contribution in [2.24, 2.45) is 0 Å². The van der Waals surface area contributed by atoms with Crippen LogP contribution in [0.3, 0.4) is 0 Å². The molecule has 13 heavy (non-hydrogen) atoms. The topological polar surface area (TPSA) is 63.9 Å². The molecule has 2 heterocycles. The number of nitrogens with two attached hydrogens (primary N) is 1. The molecule has 0 amide bonds. The number of aromatic amines is 1. The van der Waals surface area contributed by atoms with Crippen molar-refractivity contribution in [3.05, 3.63) is 11.8 Å². The smallest absolute Gasteiger partial charge is 0.145 e. The summed E-state index contributed by atoms with van der Waals surface area (Å²) in [7, 11) is 0. The lowest BCUT2D eigenvalue weighted by Gasteiger charge is -2.20. The first-order chi connectivity index (χ1) is 5.86. The van der Waals surface area contributed by atoms with Gasteiger partial charge in [0.1, 0.15) is 5.82 Å². The first kappa shape index (κ1) is 10.3. The lowest BCUT2D eigenvalue weighted by Crippen LogP contribution is -2.11. The average Bonchev–Trinajstić information content (AvgIpc) is 2.54. The zero-order valence-electron chi connectivity index (χ0n) is 7.32. The number of aromatic nitrogens is 2. The van der Waals surface area contributed by atoms with Gasteiger partial charge in [-0.15, -0.1) is 12.4 Å². The minimum Gasteiger partial charge on any atom is -0.382 e. The van der Waals surface area contributed by atoms with Gasteiger partial charge in [-0.05, 0) is 19.3 Å². The van der Waals surface area contributed by atoms with Gasteiger partial charge in [-0.1, -0.05) is 0 Å². The van der Waals surface area contributed by atoms with Crippen molar-refractivity contribution < 1.29 is 4.74 Å². The molecule has 1 fully saturated rings. The fraction of sp³-hybridized carbons (Fsp3) is 0.625. The van der Waals surface area contributed by atoms with Gasteiger partial charge in [-0.3, -0.25) is 5.10 Å². The molecule has 1 aromatic heterocycles. The number of rotatable bonds is 1. The predicted octanol–water partition coefficient (Wildman–Crippen LogP) is 1.66. The van der Waals surface area contributed by atoms with Gasteiger partial charge in [0.2, 0.25) is 0 Å². The van der Waals surface area contributed by atoms with E-state index in [1.54, 1.807) is 0 Å². The first-order valence-electron chi connectivity index (χ1n) is 4.28. The largest absolute Gasteiger partial charge is 0.382 e. The fourth-order valence-corrected chi connectivity index (χ4v) is 1.50. The molecule has 1 aromatic rings. The van der Waals surface area contributed by atoms with Crippen molar-refractivity contribution in [3.8, 4) is 0 Å². The first-order valence-corrected chi connectivity index (χ1v) is 4.28. The molecule has 0 spiro atoms. The van der Waals surface area contributed by atoms with Crippen LogP contribution in [0.2, 0.25) is 0 Å². The van der Waals surface area contributed by atoms with Crippen LogP contribution < -0.4 is 5.73 Å². The summed E-state index contributed by atoms with van der Waals surface area (Å²) >= 11 is 0. The number of hydrogen-bond acceptors (Lipinski definition) is 3. The molecule has 0 saturated carbocycles. The molecule has 4 nitrogen and oxygen atoms in total. The van der Waals surface area contributed by atoms with Crippen LogP contribution >= 0.6 is 12.4 Å². The average molecular weight is 204 g/mol. The number of H-pyrrole nitrogens is 1. The minimum atomic E-state index is 0. The number of nitrogens with one attached hydrogen (secondary N) is 1. The van der Waals surface area contributed by atoms with Gasteiger partial charge in [0, 0.05) is 12.7 Å². The van der Waals surface area contributed by atoms with Crippen molar-refractivity contribution in [2.75, 3.05) is 12.3 Å². The second-order valence-electron chi connectivity index (χ2n) is 3.10. The Balaban J connectivity index is 0.000000845. The van der Waals surface area contributed by atoms with Crippen LogP contribution in [0.4, 0.5) is 5.82 Å². The molecular weight excluding hydrogens is 190 g/mol. The molecule has 0 aromatic carbocycles. The van der Waals surface area contributed by atoms with E-state index in [0.717, 1.165) is 18.7 Å². The maximum atomic E-state index is 5.55. The standard InChI is InChI=1S/C8H13N3O.ClH/c9-8-5-6(10-11-8)7-3-1-2-4-12-7;/h5,7H,1-4H2,(H3,9,10,11);1H. The Morgan fingerprint density at radius 3 is 2.92 bits per heavy atom. The van der Waals surface area contributed by atoms with Gasteiger partial charge in [0.25, 0.3) is 0 Å². The highest BCUT2D eigenvalue weighted by Gasteiger charge is 2.17. The summed E-state index contributed by atoms with van der Waals surface area (Å²) in [5.74, 6) is 0.541. The molecule has 0 aliphatic carbocycles. The SMILES string of the molecule is Cl.Nc1cc(C2CCCCO2)[nH]n1. The van der Waals surface area contributed by atoms with Crippen LogP contribution in [0.5, 0.6) is 0 Å². The van der Waals surface area contributed by atoms with E-state index >= 15 is 0 Å². The molecule has 1 unspecified atom stereocenters. The van der Waals surface area contributed by atoms with E-state index in [9.17, 15) is 0 Å². The zero-order valence-corrected chi connectivity index (χ0v) is 8.14. The quantitative estimate of drug-likeness (QED) is 0.730. The summed E-state index contributed by atoms with van der Waals surface area (Å²) in [6.07, 6.45) is 3.65. The molecule has 1 aliphatic heterocycles. The van der Waals surface area contributed by atoms with E-state index in [2.05, 4.69) is 10.2 Å². The molecule has 0 bridgehead atoms. The predicted molar refractivity (Wildman–Crippen MR) is 52.8 cm³/mol. The zero-order chi connectivity index (χ0) is 8.39. The second kappa shape index (κ2) is 4.48. The van der Waals surface area contributed by atoms with E-state index in [4.69, 9.17) is 10.5 Å². The lowest BCUT2D eigenvalue weighted by atomic mass is 10.1. The van der Waals surface area contributed by atoms with Gasteiger partial charge in [-0.25, -0.2) is 0 Å². The molecule has 2 rings (SSSR count). The van der Waals surface area contributed by atoms with Crippen LogP contribution in [-0.2, 0) is 4.74 Å². The Hall–Kier alpha value is -0.740. The van der Waals surface area contributed by atoms with Crippen LogP contribution in [0.15, 0.2) is 6.07 Å². The van der Waals surface area contributed by atoms with Crippen molar-refractivity contribution >= 4 is 18.2 Å². The van der Waals surface area contributed by atoms with Gasteiger partial charge in [0.05, 0.1) is 11.8 Å². The van der Waals surface area contributed by atoms with Crippen LogP contribution in [0, 0.1) is 0 Å². The third-order valence-electron chi connectivity index (χ3n) is 2.14. The monoisotopic (exact) mass is 203 g/mol. The molecule has 5 heteroatoms. The Morgan fingerprint density at radius 1 is 1.54 bits per heavy atom. The van der Waals surface area contributed by atoms with E-state index in [1.165, 1.54) is 12.8 Å². The van der Waals surface area contributed by atoms with Crippen molar-refractivity contribution in [2.45, 2.75) is 25.4 Å². The fourth-order valence-electron chi connectivity index (χ4n) is 1.50. The Bertz CT molecular complexity index is 258. The molecule has 0 radical (unpaired) electrons. The molecule has 3 N–H and O–H groups in total. The highest BCUT2D eigenvalue weighted by Crippen LogP contribution is 2.26. The number of ether oxygens (including phenoxy) is 1. The molecule has 1 atom stereocenters. The third kappa shape index (κ3) is 2.35. The maximum absolute atomic E-state index is 5.55. The molecule has 1 saturated heterocycles. The van der Waals surface area contributed by atoms with Crippen LogP contribution in [0.1, 0.15) is 31.1 Å². The van der Waals surface area contributed by atoms with Gasteiger partial charge >= 0.3 is 0 Å². The summed E-state index contributed by atoms with van der Waals surface area (Å²) in [5, 5.41) is 6.74. The third-order valence-corrected chi connectivity index (χ3v) is 2.14. The normalized spacial score (nSPS) is 22.3. The van der Waals surface area contributed by atoms with E-state index in [1.807, 2.05) is 6.07 Å². The summed E-state index contributed by atoms with van der Waals surface area (Å²) in [6, 6.07) is 1.84. The highest BCUT2D eigenvalue weighted by atomic mass is 35.5. The second-order valence-corrected chi connectivity index (χ2v) is 3.10. The van der Waals surface area contributed by atoms with E-state index in [0.29, 0.717) is 5.82 Å². The van der Waals surface area contributed by atoms with Gasteiger partial charge < -0.3 is 10.5 Å². The van der Waals surface area contributed by atoms with E-state index < -0.39 is 0 Å². The van der Waals surface area contributed by atoms with Crippen molar-refractivity contribution in [3.63, 3.8) is 0 Å². The number of nitrogen functional groups attached to an aromatic ring is 1. The van der Waals surface area contributed by atoms with Gasteiger partial charge in [-0.2, -0.15) is 5.10 Å². The Kier molecular flexibility index (Phi) is 3.57. The minimum absolute atomic E-state index is 0. The Morgan fingerprint density at radius 2 is 2.38 bits per heavy atom. The van der Waals surface area contributed by atoms with Crippen molar-refractivity contribution in [1.29, 1.82) is 0 Å².